The second kappa shape index (κ2) is 3.35. The van der Waals surface area contributed by atoms with Gasteiger partial charge in [-0.15, -0.1) is 0 Å². The number of aromatic amines is 1. The molecule has 0 saturated carbocycles. The van der Waals surface area contributed by atoms with Crippen LogP contribution in [0.2, 0.25) is 0 Å². The fourth-order valence-electron chi connectivity index (χ4n) is 2.14. The molecule has 0 atom stereocenters. The van der Waals surface area contributed by atoms with Crippen molar-refractivity contribution in [3.63, 3.8) is 0 Å². The first-order chi connectivity index (χ1) is 8.13. The van der Waals surface area contributed by atoms with E-state index in [1.165, 1.54) is 0 Å². The van der Waals surface area contributed by atoms with Crippen LogP contribution in [0.15, 0.2) is 18.2 Å². The van der Waals surface area contributed by atoms with Crippen molar-refractivity contribution >= 4 is 17.5 Å². The van der Waals surface area contributed by atoms with E-state index in [4.69, 9.17) is 5.73 Å². The molecule has 1 aliphatic heterocycles. The van der Waals surface area contributed by atoms with Crippen molar-refractivity contribution in [1.82, 2.24) is 9.97 Å². The Kier molecular flexibility index (Phi) is 1.95. The molecule has 4 N–H and O–H groups in total. The lowest BCUT2D eigenvalue weighted by Crippen LogP contribution is -2.03. The molecule has 2 heterocycles. The second-order valence-corrected chi connectivity index (χ2v) is 4.19. The first-order valence-corrected chi connectivity index (χ1v) is 5.39. The molecule has 0 unspecified atom stereocenters. The number of nitrogens with two attached hydrogens (primary N) is 1. The number of anilines is 2. The van der Waals surface area contributed by atoms with Crippen molar-refractivity contribution in [1.29, 1.82) is 0 Å². The maximum Gasteiger partial charge on any atom is 0.228 e. The number of aryl methyl sites for hydroxylation is 1. The van der Waals surface area contributed by atoms with Crippen molar-refractivity contribution in [2.45, 2.75) is 13.3 Å². The topological polar surface area (TPSA) is 83.8 Å². The quantitative estimate of drug-likeness (QED) is 0.691. The summed E-state index contributed by atoms with van der Waals surface area (Å²) in [5.74, 6) is 0.447. The van der Waals surface area contributed by atoms with Crippen molar-refractivity contribution < 1.29 is 4.79 Å². The number of hydrogen-bond donors (Lipinski definition) is 3. The molecule has 86 valence electrons. The third-order valence-electron chi connectivity index (χ3n) is 2.91. The molecule has 1 amide bonds. The summed E-state index contributed by atoms with van der Waals surface area (Å²) in [4.78, 5) is 18.5. The minimum absolute atomic E-state index is 0.0374. The van der Waals surface area contributed by atoms with Gasteiger partial charge in [-0.3, -0.25) is 4.79 Å². The molecule has 3 rings (SSSR count). The number of nitrogen functional groups attached to an aromatic ring is 1. The number of hydrogen-bond acceptors (Lipinski definition) is 3. The van der Waals surface area contributed by atoms with Gasteiger partial charge in [0.15, 0.2) is 5.95 Å². The van der Waals surface area contributed by atoms with Gasteiger partial charge in [0.1, 0.15) is 0 Å². The average molecular weight is 228 g/mol. The number of amides is 1. The van der Waals surface area contributed by atoms with Gasteiger partial charge in [-0.2, -0.15) is 0 Å². The highest BCUT2D eigenvalue weighted by Crippen LogP contribution is 2.29. The van der Waals surface area contributed by atoms with E-state index >= 15 is 0 Å². The highest BCUT2D eigenvalue weighted by molar-refractivity contribution is 5.99. The van der Waals surface area contributed by atoms with Crippen LogP contribution in [0.4, 0.5) is 11.6 Å². The van der Waals surface area contributed by atoms with E-state index in [0.29, 0.717) is 12.4 Å². The molecule has 0 fully saturated rings. The van der Waals surface area contributed by atoms with Gasteiger partial charge >= 0.3 is 0 Å². The predicted octanol–water partition coefficient (Wildman–Crippen LogP) is 1.46. The van der Waals surface area contributed by atoms with Crippen molar-refractivity contribution in [3.05, 3.63) is 29.5 Å². The van der Waals surface area contributed by atoms with Crippen LogP contribution in [0, 0.1) is 6.92 Å². The van der Waals surface area contributed by atoms with Crippen LogP contribution in [0.25, 0.3) is 11.3 Å². The van der Waals surface area contributed by atoms with Gasteiger partial charge < -0.3 is 16.0 Å². The SMILES string of the molecule is Cc1[nH]c(N)nc1-c1ccc2c(c1)CC(=O)N2. The van der Waals surface area contributed by atoms with E-state index in [9.17, 15) is 4.79 Å². The number of carbonyl (C=O) groups excluding carboxylic acids is 1. The zero-order chi connectivity index (χ0) is 12.0. The number of imidazole rings is 1. The van der Waals surface area contributed by atoms with E-state index in [2.05, 4.69) is 15.3 Å². The normalized spacial score (nSPS) is 13.6. The number of nitrogens with zero attached hydrogens (tertiary/aromatic N) is 1. The van der Waals surface area contributed by atoms with E-state index in [0.717, 1.165) is 28.2 Å². The number of rotatable bonds is 1. The molecule has 5 nitrogen and oxygen atoms in total. The fraction of sp³-hybridized carbons (Fsp3) is 0.167. The summed E-state index contributed by atoms with van der Waals surface area (Å²) in [7, 11) is 0. The predicted molar refractivity (Wildman–Crippen MR) is 65.5 cm³/mol. The Morgan fingerprint density at radius 1 is 1.41 bits per heavy atom. The molecule has 0 spiro atoms. The van der Waals surface area contributed by atoms with Crippen LogP contribution in [0.1, 0.15) is 11.3 Å². The second-order valence-electron chi connectivity index (χ2n) is 4.19. The number of fused-ring (bicyclic) bond motifs is 1. The molecule has 0 radical (unpaired) electrons. The third kappa shape index (κ3) is 1.56. The van der Waals surface area contributed by atoms with E-state index < -0.39 is 0 Å². The number of nitrogens with one attached hydrogen (secondary N) is 2. The molecule has 2 aromatic rings. The van der Waals surface area contributed by atoms with Gasteiger partial charge in [0.25, 0.3) is 0 Å². The van der Waals surface area contributed by atoms with Gasteiger partial charge in [0.2, 0.25) is 5.91 Å². The van der Waals surface area contributed by atoms with E-state index in [-0.39, 0.29) is 5.91 Å². The molecule has 0 saturated heterocycles. The van der Waals surface area contributed by atoms with Gasteiger partial charge in [-0.25, -0.2) is 4.98 Å². The maximum atomic E-state index is 11.3. The third-order valence-corrected chi connectivity index (χ3v) is 2.91. The molecule has 1 aromatic heterocycles. The van der Waals surface area contributed by atoms with Crippen molar-refractivity contribution in [2.24, 2.45) is 0 Å². The Labute approximate surface area is 98.1 Å². The summed E-state index contributed by atoms with van der Waals surface area (Å²) >= 11 is 0. The summed E-state index contributed by atoms with van der Waals surface area (Å²) in [6, 6.07) is 5.82. The number of aromatic nitrogens is 2. The maximum absolute atomic E-state index is 11.3. The average Bonchev–Trinajstić information content (AvgIpc) is 2.78. The first-order valence-electron chi connectivity index (χ1n) is 5.39. The molecule has 0 aliphatic carbocycles. The van der Waals surface area contributed by atoms with Crippen LogP contribution in [0.3, 0.4) is 0 Å². The lowest BCUT2D eigenvalue weighted by molar-refractivity contribution is -0.115. The molecular weight excluding hydrogens is 216 g/mol. The Balaban J connectivity index is 2.09. The Hall–Kier alpha value is -2.30. The van der Waals surface area contributed by atoms with Crippen LogP contribution >= 0.6 is 0 Å². The monoisotopic (exact) mass is 228 g/mol. The van der Waals surface area contributed by atoms with Gasteiger partial charge in [0, 0.05) is 16.9 Å². The van der Waals surface area contributed by atoms with Crippen molar-refractivity contribution in [3.8, 4) is 11.3 Å². The Bertz CT molecular complexity index is 615. The number of H-pyrrole nitrogens is 1. The Morgan fingerprint density at radius 3 is 2.94 bits per heavy atom. The zero-order valence-corrected chi connectivity index (χ0v) is 9.37. The summed E-state index contributed by atoms with van der Waals surface area (Å²) in [5.41, 5.74) is 10.3. The lowest BCUT2D eigenvalue weighted by Gasteiger charge is -2.02. The molecule has 5 heteroatoms. The van der Waals surface area contributed by atoms with Gasteiger partial charge in [0.05, 0.1) is 12.1 Å². The van der Waals surface area contributed by atoms with Gasteiger partial charge in [-0.1, -0.05) is 6.07 Å². The summed E-state index contributed by atoms with van der Waals surface area (Å²) in [5, 5.41) is 2.80. The fourth-order valence-corrected chi connectivity index (χ4v) is 2.14. The molecular formula is C12H12N4O. The smallest absolute Gasteiger partial charge is 0.228 e. The molecule has 1 aromatic carbocycles. The van der Waals surface area contributed by atoms with Crippen LogP contribution < -0.4 is 11.1 Å². The highest BCUT2D eigenvalue weighted by atomic mass is 16.1. The van der Waals surface area contributed by atoms with Crippen LogP contribution in [0.5, 0.6) is 0 Å². The number of carbonyl (C=O) groups is 1. The highest BCUT2D eigenvalue weighted by Gasteiger charge is 2.18. The zero-order valence-electron chi connectivity index (χ0n) is 9.37. The first kappa shape index (κ1) is 9.89. The number of benzene rings is 1. The van der Waals surface area contributed by atoms with Gasteiger partial charge in [-0.05, 0) is 24.6 Å². The minimum Gasteiger partial charge on any atom is -0.369 e. The molecule has 0 bridgehead atoms. The largest absolute Gasteiger partial charge is 0.369 e. The minimum atomic E-state index is 0.0374. The van der Waals surface area contributed by atoms with Crippen LogP contribution in [-0.4, -0.2) is 15.9 Å². The van der Waals surface area contributed by atoms with E-state index in [1.807, 2.05) is 25.1 Å². The summed E-state index contributed by atoms with van der Waals surface area (Å²) in [6.07, 6.45) is 0.433. The van der Waals surface area contributed by atoms with Crippen molar-refractivity contribution in [2.75, 3.05) is 11.1 Å². The molecule has 1 aliphatic rings. The lowest BCUT2D eigenvalue weighted by atomic mass is 10.1. The summed E-state index contributed by atoms with van der Waals surface area (Å²) in [6.45, 7) is 1.93. The van der Waals surface area contributed by atoms with E-state index in [1.54, 1.807) is 0 Å². The standard InChI is InChI=1S/C12H12N4O/c1-6-11(16-12(13)14-6)7-2-3-9-8(4-7)5-10(17)15-9/h2-4H,5H2,1H3,(H,15,17)(H3,13,14,16). The molecule has 17 heavy (non-hydrogen) atoms. The summed E-state index contributed by atoms with van der Waals surface area (Å²) < 4.78 is 0. The Morgan fingerprint density at radius 2 is 2.24 bits per heavy atom. The van der Waals surface area contributed by atoms with Crippen LogP contribution in [-0.2, 0) is 11.2 Å².